The Morgan fingerprint density at radius 3 is 2.20 bits per heavy atom. The van der Waals surface area contributed by atoms with Gasteiger partial charge in [-0.3, -0.25) is 4.99 Å². The number of alkyl halides is 3. The van der Waals surface area contributed by atoms with E-state index in [4.69, 9.17) is 10.5 Å². The lowest BCUT2D eigenvalue weighted by atomic mass is 9.96. The first-order valence-corrected chi connectivity index (χ1v) is 12.1. The highest BCUT2D eigenvalue weighted by Crippen LogP contribution is 2.41. The molecule has 142 valence electrons. The summed E-state index contributed by atoms with van der Waals surface area (Å²) in [6.07, 6.45) is -2.09. The molecule has 0 radical (unpaired) electrons. The Balaban J connectivity index is 3.46. The lowest BCUT2D eigenvalue weighted by Crippen LogP contribution is -2.42. The Morgan fingerprint density at radius 1 is 1.20 bits per heavy atom. The van der Waals surface area contributed by atoms with Crippen molar-refractivity contribution in [2.75, 3.05) is 0 Å². The maximum absolute atomic E-state index is 13.6. The molecule has 0 saturated heterocycles. The van der Waals surface area contributed by atoms with Crippen LogP contribution in [0.4, 0.5) is 13.2 Å². The molecule has 1 aromatic rings. The molecule has 0 saturated carbocycles. The SMILES string of the molecule is CCC(N=CN)c1cc(C(F)(F)F)c(OC(CC)[Si](C)(C)C)cc1C. The summed E-state index contributed by atoms with van der Waals surface area (Å²) in [4.78, 5) is 4.09. The van der Waals surface area contributed by atoms with E-state index in [0.29, 0.717) is 18.4 Å². The van der Waals surface area contributed by atoms with Gasteiger partial charge in [-0.25, -0.2) is 0 Å². The van der Waals surface area contributed by atoms with Gasteiger partial charge in [-0.15, -0.1) is 0 Å². The number of ether oxygens (including phenoxy) is 1. The Labute approximate surface area is 149 Å². The topological polar surface area (TPSA) is 47.6 Å². The first-order valence-electron chi connectivity index (χ1n) is 8.57. The first kappa shape index (κ1) is 21.5. The molecule has 0 amide bonds. The molecular formula is C18H29F3N2OSi. The monoisotopic (exact) mass is 374 g/mol. The van der Waals surface area contributed by atoms with Crippen molar-refractivity contribution < 1.29 is 17.9 Å². The van der Waals surface area contributed by atoms with Crippen LogP contribution in [-0.2, 0) is 6.18 Å². The number of nitrogens with zero attached hydrogens (tertiary/aromatic N) is 1. The third-order valence-corrected chi connectivity index (χ3v) is 6.75. The molecule has 0 aliphatic rings. The lowest BCUT2D eigenvalue weighted by Gasteiger charge is -2.30. The summed E-state index contributed by atoms with van der Waals surface area (Å²) in [6, 6.07) is 2.28. The van der Waals surface area contributed by atoms with E-state index in [9.17, 15) is 13.2 Å². The summed E-state index contributed by atoms with van der Waals surface area (Å²) >= 11 is 0. The molecule has 1 aromatic carbocycles. The minimum absolute atomic E-state index is 0.0883. The number of nitrogens with two attached hydrogens (primary N) is 1. The highest BCUT2D eigenvalue weighted by molar-refractivity contribution is 6.77. The second-order valence-electron chi connectivity index (χ2n) is 7.31. The van der Waals surface area contributed by atoms with Crippen LogP contribution in [0.1, 0.15) is 49.4 Å². The van der Waals surface area contributed by atoms with Crippen LogP contribution in [0.15, 0.2) is 17.1 Å². The predicted octanol–water partition coefficient (Wildman–Crippen LogP) is 5.49. The molecule has 2 atom stereocenters. The summed E-state index contributed by atoms with van der Waals surface area (Å²) in [6.45, 7) is 11.9. The van der Waals surface area contributed by atoms with Crippen molar-refractivity contribution in [1.29, 1.82) is 0 Å². The van der Waals surface area contributed by atoms with E-state index in [0.717, 1.165) is 11.9 Å². The minimum Gasteiger partial charge on any atom is -0.494 e. The van der Waals surface area contributed by atoms with Crippen molar-refractivity contribution in [3.8, 4) is 5.75 Å². The van der Waals surface area contributed by atoms with Gasteiger partial charge >= 0.3 is 6.18 Å². The van der Waals surface area contributed by atoms with Crippen LogP contribution < -0.4 is 10.5 Å². The van der Waals surface area contributed by atoms with Gasteiger partial charge in [-0.05, 0) is 43.0 Å². The zero-order valence-electron chi connectivity index (χ0n) is 15.9. The second-order valence-corrected chi connectivity index (χ2v) is 12.7. The van der Waals surface area contributed by atoms with E-state index in [1.54, 1.807) is 6.92 Å². The van der Waals surface area contributed by atoms with Crippen molar-refractivity contribution in [1.82, 2.24) is 0 Å². The van der Waals surface area contributed by atoms with Crippen LogP contribution in [0.2, 0.25) is 19.6 Å². The molecule has 25 heavy (non-hydrogen) atoms. The minimum atomic E-state index is -4.49. The zero-order valence-corrected chi connectivity index (χ0v) is 16.9. The van der Waals surface area contributed by atoms with E-state index in [1.807, 2.05) is 13.8 Å². The smallest absolute Gasteiger partial charge is 0.419 e. The molecule has 2 N–H and O–H groups in total. The molecule has 7 heteroatoms. The summed E-state index contributed by atoms with van der Waals surface area (Å²) < 4.78 is 46.8. The number of aryl methyl sites for hydroxylation is 1. The summed E-state index contributed by atoms with van der Waals surface area (Å²) in [5, 5.41) is 0. The van der Waals surface area contributed by atoms with Crippen LogP contribution in [-0.4, -0.2) is 20.1 Å². The van der Waals surface area contributed by atoms with Crippen molar-refractivity contribution in [2.45, 2.75) is 71.2 Å². The van der Waals surface area contributed by atoms with Gasteiger partial charge in [0.05, 0.1) is 31.7 Å². The molecule has 0 bridgehead atoms. The van der Waals surface area contributed by atoms with Crippen LogP contribution in [0, 0.1) is 6.92 Å². The third kappa shape index (κ3) is 5.49. The van der Waals surface area contributed by atoms with Gasteiger partial charge in [-0.1, -0.05) is 33.5 Å². The molecule has 0 aliphatic heterocycles. The van der Waals surface area contributed by atoms with Crippen molar-refractivity contribution in [2.24, 2.45) is 10.7 Å². The normalized spacial score (nSPS) is 15.4. The molecular weight excluding hydrogens is 345 g/mol. The maximum atomic E-state index is 13.6. The Hall–Kier alpha value is -1.50. The number of halogens is 3. The highest BCUT2D eigenvalue weighted by atomic mass is 28.3. The first-order chi connectivity index (χ1) is 11.5. The Kier molecular flexibility index (Phi) is 7.11. The van der Waals surface area contributed by atoms with Gasteiger partial charge in [-0.2, -0.15) is 13.2 Å². The van der Waals surface area contributed by atoms with Crippen LogP contribution in [0.3, 0.4) is 0 Å². The number of aliphatic imine (C=N–C) groups is 1. The highest BCUT2D eigenvalue weighted by Gasteiger charge is 2.37. The van der Waals surface area contributed by atoms with Crippen molar-refractivity contribution in [3.63, 3.8) is 0 Å². The molecule has 0 aromatic heterocycles. The maximum Gasteiger partial charge on any atom is 0.419 e. The standard InChI is InChI=1S/C18H29F3N2OSi/c1-7-15(23-11-22)13-10-14(18(19,20)21)16(9-12(13)3)24-17(8-2)25(4,5)6/h9-11,15,17H,7-8H2,1-6H3,(H2,22,23). The Bertz CT molecular complexity index is 610. The van der Waals surface area contributed by atoms with Crippen LogP contribution >= 0.6 is 0 Å². The zero-order chi connectivity index (χ0) is 19.4. The summed E-state index contributed by atoms with van der Waals surface area (Å²) in [7, 11) is -1.75. The van der Waals surface area contributed by atoms with Gasteiger partial charge in [0.1, 0.15) is 5.75 Å². The fraction of sp³-hybridized carbons (Fsp3) is 0.611. The van der Waals surface area contributed by atoms with E-state index < -0.39 is 19.8 Å². The van der Waals surface area contributed by atoms with E-state index in [1.165, 1.54) is 12.1 Å². The fourth-order valence-electron chi connectivity index (χ4n) is 2.91. The number of hydrogen-bond acceptors (Lipinski definition) is 2. The number of benzene rings is 1. The van der Waals surface area contributed by atoms with E-state index >= 15 is 0 Å². The molecule has 2 unspecified atom stereocenters. The van der Waals surface area contributed by atoms with Gasteiger partial charge < -0.3 is 10.5 Å². The Morgan fingerprint density at radius 2 is 1.80 bits per heavy atom. The average molecular weight is 375 g/mol. The van der Waals surface area contributed by atoms with Crippen molar-refractivity contribution in [3.05, 3.63) is 28.8 Å². The van der Waals surface area contributed by atoms with Crippen molar-refractivity contribution >= 4 is 14.4 Å². The van der Waals surface area contributed by atoms with Gasteiger partial charge in [0.15, 0.2) is 0 Å². The molecule has 0 fully saturated rings. The van der Waals surface area contributed by atoms with Crippen LogP contribution in [0.25, 0.3) is 0 Å². The fourth-order valence-corrected chi connectivity index (χ4v) is 4.62. The van der Waals surface area contributed by atoms with Gasteiger partial charge in [0.25, 0.3) is 0 Å². The van der Waals surface area contributed by atoms with E-state index in [2.05, 4.69) is 24.6 Å². The third-order valence-electron chi connectivity index (χ3n) is 4.29. The molecule has 0 aliphatic carbocycles. The average Bonchev–Trinajstić information content (AvgIpc) is 2.48. The van der Waals surface area contributed by atoms with Crippen LogP contribution in [0.5, 0.6) is 5.75 Å². The largest absolute Gasteiger partial charge is 0.494 e. The van der Waals surface area contributed by atoms with Gasteiger partial charge in [0, 0.05) is 0 Å². The quantitative estimate of drug-likeness (QED) is 0.390. The van der Waals surface area contributed by atoms with Gasteiger partial charge in [0.2, 0.25) is 0 Å². The number of rotatable bonds is 7. The molecule has 0 spiro atoms. The molecule has 0 heterocycles. The van der Waals surface area contributed by atoms with E-state index in [-0.39, 0.29) is 17.5 Å². The lowest BCUT2D eigenvalue weighted by molar-refractivity contribution is -0.139. The summed E-state index contributed by atoms with van der Waals surface area (Å²) in [5.74, 6) is -0.0883. The summed E-state index contributed by atoms with van der Waals surface area (Å²) in [5.41, 5.74) is 5.69. The second kappa shape index (κ2) is 8.25. The predicted molar refractivity (Wildman–Crippen MR) is 99.9 cm³/mol. The number of hydrogen-bond donors (Lipinski definition) is 1. The molecule has 3 nitrogen and oxygen atoms in total. The molecule has 1 rings (SSSR count).